The van der Waals surface area contributed by atoms with Crippen molar-refractivity contribution in [3.63, 3.8) is 0 Å². The first-order valence-electron chi connectivity index (χ1n) is 8.11. The second-order valence-electron chi connectivity index (χ2n) is 6.14. The number of amides is 1. The average Bonchev–Trinajstić information content (AvgIpc) is 3.03. The molecular weight excluding hydrogens is 374 g/mol. The molecule has 5 nitrogen and oxygen atoms in total. The molecule has 0 radical (unpaired) electrons. The molecule has 0 bridgehead atoms. The Hall–Kier alpha value is -2.18. The molecule has 1 aromatic carbocycles. The first kappa shape index (κ1) is 20.1. The molecule has 1 heterocycles. The number of hydrogen-bond acceptors (Lipinski definition) is 5. The van der Waals surface area contributed by atoms with E-state index in [4.69, 9.17) is 16.3 Å². The summed E-state index contributed by atoms with van der Waals surface area (Å²) in [5.41, 5.74) is 1.31. The van der Waals surface area contributed by atoms with Gasteiger partial charge >= 0.3 is 5.97 Å². The van der Waals surface area contributed by atoms with Crippen LogP contribution >= 0.6 is 22.9 Å². The van der Waals surface area contributed by atoms with Crippen molar-refractivity contribution in [2.45, 2.75) is 26.8 Å². The van der Waals surface area contributed by atoms with E-state index >= 15 is 0 Å². The van der Waals surface area contributed by atoms with Crippen LogP contribution in [0.4, 0.5) is 0 Å². The topological polar surface area (TPSA) is 72.5 Å². The molecule has 0 aliphatic rings. The van der Waals surface area contributed by atoms with Gasteiger partial charge in [-0.2, -0.15) is 0 Å². The molecule has 7 heteroatoms. The van der Waals surface area contributed by atoms with E-state index in [1.165, 1.54) is 0 Å². The third-order valence-corrected chi connectivity index (χ3v) is 5.06. The molecule has 1 amide bonds. The van der Waals surface area contributed by atoms with E-state index in [9.17, 15) is 14.4 Å². The molecule has 0 aliphatic heterocycles. The Bertz CT molecular complexity index is 815. The van der Waals surface area contributed by atoms with Gasteiger partial charge in [0.25, 0.3) is 5.91 Å². The number of esters is 1. The maximum atomic E-state index is 12.4. The lowest BCUT2D eigenvalue weighted by molar-refractivity contribution is -0.145. The largest absolute Gasteiger partial charge is 0.456 e. The fourth-order valence-corrected chi connectivity index (χ4v) is 3.27. The first-order chi connectivity index (χ1) is 12.3. The first-order valence-corrected chi connectivity index (χ1v) is 9.30. The zero-order valence-electron chi connectivity index (χ0n) is 14.7. The fraction of sp³-hybridized carbons (Fsp3) is 0.316. The Balaban J connectivity index is 2.00. The fourth-order valence-electron chi connectivity index (χ4n) is 2.31. The van der Waals surface area contributed by atoms with Gasteiger partial charge in [0.2, 0.25) is 5.78 Å². The number of hydrogen-bond donors (Lipinski definition) is 1. The number of halogens is 1. The molecule has 2 aromatic rings. The van der Waals surface area contributed by atoms with Crippen LogP contribution in [-0.2, 0) is 9.53 Å². The third-order valence-electron chi connectivity index (χ3n) is 3.79. The summed E-state index contributed by atoms with van der Waals surface area (Å²) in [5.74, 6) is -1.52. The highest BCUT2D eigenvalue weighted by Gasteiger charge is 2.27. The van der Waals surface area contributed by atoms with Crippen molar-refractivity contribution in [3.8, 4) is 0 Å². The van der Waals surface area contributed by atoms with Gasteiger partial charge in [0, 0.05) is 5.56 Å². The number of rotatable bonds is 7. The monoisotopic (exact) mass is 393 g/mol. The minimum atomic E-state index is -0.846. The Morgan fingerprint density at radius 2 is 1.85 bits per heavy atom. The van der Waals surface area contributed by atoms with Gasteiger partial charge in [-0.15, -0.1) is 11.3 Å². The molecule has 0 saturated heterocycles. The predicted molar refractivity (Wildman–Crippen MR) is 102 cm³/mol. The number of aryl methyl sites for hydroxylation is 1. The van der Waals surface area contributed by atoms with Crippen LogP contribution in [0.2, 0.25) is 4.34 Å². The molecule has 138 valence electrons. The molecule has 1 atom stereocenters. The lowest BCUT2D eigenvalue weighted by Gasteiger charge is -2.21. The maximum Gasteiger partial charge on any atom is 0.329 e. The third kappa shape index (κ3) is 5.16. The van der Waals surface area contributed by atoms with Gasteiger partial charge in [0.15, 0.2) is 6.61 Å². The summed E-state index contributed by atoms with van der Waals surface area (Å²) in [6.45, 7) is 5.03. The minimum Gasteiger partial charge on any atom is -0.456 e. The number of ketones is 1. The number of ether oxygens (including phenoxy) is 1. The highest BCUT2D eigenvalue weighted by molar-refractivity contribution is 7.18. The number of benzene rings is 1. The van der Waals surface area contributed by atoms with Crippen molar-refractivity contribution in [3.05, 3.63) is 56.7 Å². The Labute approximate surface area is 161 Å². The van der Waals surface area contributed by atoms with Crippen molar-refractivity contribution in [1.82, 2.24) is 5.32 Å². The van der Waals surface area contributed by atoms with Crippen LogP contribution in [0.3, 0.4) is 0 Å². The number of Topliss-reactive ketones (excluding diaryl/α,β-unsaturated/α-hetero) is 1. The van der Waals surface area contributed by atoms with Crippen molar-refractivity contribution < 1.29 is 19.1 Å². The average molecular weight is 394 g/mol. The highest BCUT2D eigenvalue weighted by Crippen LogP contribution is 2.21. The molecule has 1 aromatic heterocycles. The summed E-state index contributed by atoms with van der Waals surface area (Å²) in [6, 6.07) is 9.46. The van der Waals surface area contributed by atoms with Gasteiger partial charge < -0.3 is 10.1 Å². The van der Waals surface area contributed by atoms with Gasteiger partial charge in [0.1, 0.15) is 6.04 Å². The van der Waals surface area contributed by atoms with E-state index in [2.05, 4.69) is 5.32 Å². The van der Waals surface area contributed by atoms with Gasteiger partial charge in [-0.05, 0) is 36.6 Å². The summed E-state index contributed by atoms with van der Waals surface area (Å²) in [5, 5.41) is 2.70. The quantitative estimate of drug-likeness (QED) is 0.572. The smallest absolute Gasteiger partial charge is 0.329 e. The molecule has 0 fully saturated rings. The molecule has 0 aliphatic carbocycles. The Morgan fingerprint density at radius 3 is 2.42 bits per heavy atom. The number of thiophene rings is 1. The van der Waals surface area contributed by atoms with Gasteiger partial charge in [0.05, 0.1) is 9.21 Å². The minimum absolute atomic E-state index is 0.193. The Morgan fingerprint density at radius 1 is 1.15 bits per heavy atom. The van der Waals surface area contributed by atoms with Crippen LogP contribution in [-0.4, -0.2) is 30.3 Å². The van der Waals surface area contributed by atoms with Crippen LogP contribution in [0.25, 0.3) is 0 Å². The Kier molecular flexibility index (Phi) is 6.94. The molecule has 0 unspecified atom stereocenters. The predicted octanol–water partition coefficient (Wildman–Crippen LogP) is 3.89. The number of nitrogens with one attached hydrogen (secondary N) is 1. The molecule has 0 spiro atoms. The highest BCUT2D eigenvalue weighted by atomic mass is 35.5. The van der Waals surface area contributed by atoms with E-state index in [0.717, 1.165) is 16.9 Å². The van der Waals surface area contributed by atoms with Gasteiger partial charge in [-0.25, -0.2) is 4.79 Å². The molecule has 1 N–H and O–H groups in total. The van der Waals surface area contributed by atoms with E-state index < -0.39 is 12.0 Å². The van der Waals surface area contributed by atoms with Crippen molar-refractivity contribution in [2.75, 3.05) is 6.61 Å². The van der Waals surface area contributed by atoms with Gasteiger partial charge in [-0.3, -0.25) is 9.59 Å². The summed E-state index contributed by atoms with van der Waals surface area (Å²) in [7, 11) is 0. The van der Waals surface area contributed by atoms with Crippen LogP contribution in [0, 0.1) is 12.8 Å². The maximum absolute atomic E-state index is 12.4. The van der Waals surface area contributed by atoms with Crippen LogP contribution < -0.4 is 5.32 Å². The standard InChI is InChI=1S/C19H20ClNO4S/c1-11(2)17(21-18(23)13-7-5-4-6-12(13)3)19(24)25-10-14(22)15-8-9-16(20)26-15/h4-9,11,17H,10H2,1-3H3,(H,21,23)/t17-/m1/s1. The van der Waals surface area contributed by atoms with Gasteiger partial charge in [-0.1, -0.05) is 43.6 Å². The lowest BCUT2D eigenvalue weighted by atomic mass is 10.0. The SMILES string of the molecule is Cc1ccccc1C(=O)N[C@@H](C(=O)OCC(=O)c1ccc(Cl)s1)C(C)C. The second kappa shape index (κ2) is 8.96. The summed E-state index contributed by atoms with van der Waals surface area (Å²) in [6.07, 6.45) is 0. The normalized spacial score (nSPS) is 11.9. The van der Waals surface area contributed by atoms with E-state index in [0.29, 0.717) is 14.8 Å². The zero-order chi connectivity index (χ0) is 19.3. The van der Waals surface area contributed by atoms with Crippen molar-refractivity contribution in [2.24, 2.45) is 5.92 Å². The van der Waals surface area contributed by atoms with E-state index in [1.807, 2.05) is 19.1 Å². The summed E-state index contributed by atoms with van der Waals surface area (Å²) in [4.78, 5) is 37.3. The lowest BCUT2D eigenvalue weighted by Crippen LogP contribution is -2.45. The zero-order valence-corrected chi connectivity index (χ0v) is 16.3. The summed E-state index contributed by atoms with van der Waals surface area (Å²) < 4.78 is 5.61. The van der Waals surface area contributed by atoms with E-state index in [-0.39, 0.29) is 24.2 Å². The van der Waals surface area contributed by atoms with Crippen LogP contribution in [0.1, 0.15) is 39.4 Å². The van der Waals surface area contributed by atoms with Crippen LogP contribution in [0.5, 0.6) is 0 Å². The number of carbonyl (C=O) groups excluding carboxylic acids is 3. The van der Waals surface area contributed by atoms with E-state index in [1.54, 1.807) is 38.1 Å². The summed E-state index contributed by atoms with van der Waals surface area (Å²) >= 11 is 6.93. The number of carbonyl (C=O) groups is 3. The molecule has 26 heavy (non-hydrogen) atoms. The molecular formula is C19H20ClNO4S. The molecule has 2 rings (SSSR count). The molecule has 0 saturated carbocycles. The van der Waals surface area contributed by atoms with Crippen molar-refractivity contribution in [1.29, 1.82) is 0 Å². The second-order valence-corrected chi connectivity index (χ2v) is 7.86. The van der Waals surface area contributed by atoms with Crippen molar-refractivity contribution >= 4 is 40.6 Å². The van der Waals surface area contributed by atoms with Crippen LogP contribution in [0.15, 0.2) is 36.4 Å².